The van der Waals surface area contributed by atoms with Gasteiger partial charge in [-0.05, 0) is 5.56 Å². The van der Waals surface area contributed by atoms with Crippen LogP contribution in [0.2, 0.25) is 0 Å². The van der Waals surface area contributed by atoms with Crippen LogP contribution in [0.15, 0.2) is 24.3 Å². The van der Waals surface area contributed by atoms with E-state index in [0.717, 1.165) is 0 Å². The summed E-state index contributed by atoms with van der Waals surface area (Å²) in [4.78, 5) is 33.4. The molecule has 0 aliphatic heterocycles. The second kappa shape index (κ2) is 11.4. The van der Waals surface area contributed by atoms with Crippen molar-refractivity contribution in [1.82, 2.24) is 10.6 Å². The Bertz CT molecular complexity index is 568. The molecule has 1 rings (SSSR count). The van der Waals surface area contributed by atoms with Crippen LogP contribution >= 0.6 is 11.8 Å². The van der Waals surface area contributed by atoms with Crippen molar-refractivity contribution >= 4 is 29.3 Å². The van der Waals surface area contributed by atoms with Crippen LogP contribution in [0.5, 0.6) is 0 Å². The lowest BCUT2D eigenvalue weighted by Gasteiger charge is -2.06. The van der Waals surface area contributed by atoms with Crippen LogP contribution in [0.25, 0.3) is 0 Å². The van der Waals surface area contributed by atoms with Gasteiger partial charge in [-0.25, -0.2) is 0 Å². The highest BCUT2D eigenvalue weighted by molar-refractivity contribution is 7.99. The number of benzene rings is 1. The average Bonchev–Trinajstić information content (AvgIpc) is 2.58. The van der Waals surface area contributed by atoms with Crippen molar-refractivity contribution < 1.29 is 19.6 Å². The zero-order valence-corrected chi connectivity index (χ0v) is 14.0. The first-order valence-electron chi connectivity index (χ1n) is 7.48. The Morgan fingerprint density at radius 1 is 1.17 bits per heavy atom. The van der Waals surface area contributed by atoms with Gasteiger partial charge in [-0.2, -0.15) is 11.8 Å². The van der Waals surface area contributed by atoms with Gasteiger partial charge in [0.05, 0.1) is 11.5 Å². The van der Waals surface area contributed by atoms with Gasteiger partial charge in [0.1, 0.15) is 0 Å². The average molecular weight is 355 g/mol. The first kappa shape index (κ1) is 19.9. The molecule has 0 spiro atoms. The number of nitrogens with one attached hydrogen (secondary N) is 2. The number of thioether (sulfide) groups is 1. The SMILES string of the molecule is O=C(CCC(=O)NCc1cccc([N+](=O)[O-])c1)NCCSCCO. The van der Waals surface area contributed by atoms with E-state index in [1.807, 2.05) is 0 Å². The first-order chi connectivity index (χ1) is 11.5. The number of hydrogen-bond donors (Lipinski definition) is 3. The number of nitro benzene ring substituents is 1. The van der Waals surface area contributed by atoms with Gasteiger partial charge in [0.2, 0.25) is 11.8 Å². The molecule has 1 aromatic carbocycles. The van der Waals surface area contributed by atoms with Crippen molar-refractivity contribution in [2.45, 2.75) is 19.4 Å². The van der Waals surface area contributed by atoms with Crippen LogP contribution in [0.1, 0.15) is 18.4 Å². The summed E-state index contributed by atoms with van der Waals surface area (Å²) >= 11 is 1.54. The third-order valence-corrected chi connectivity index (χ3v) is 3.96. The molecule has 24 heavy (non-hydrogen) atoms. The normalized spacial score (nSPS) is 10.2. The predicted molar refractivity (Wildman–Crippen MR) is 91.6 cm³/mol. The molecular formula is C15H21N3O5S. The fourth-order valence-corrected chi connectivity index (χ4v) is 2.39. The van der Waals surface area contributed by atoms with E-state index in [1.54, 1.807) is 12.1 Å². The second-order valence-corrected chi connectivity index (χ2v) is 6.11. The number of non-ortho nitro benzene ring substituents is 1. The largest absolute Gasteiger partial charge is 0.396 e. The van der Waals surface area contributed by atoms with Gasteiger partial charge in [-0.3, -0.25) is 19.7 Å². The van der Waals surface area contributed by atoms with Gasteiger partial charge in [0.25, 0.3) is 5.69 Å². The molecule has 0 bridgehead atoms. The molecule has 0 fully saturated rings. The Morgan fingerprint density at radius 3 is 2.54 bits per heavy atom. The van der Waals surface area contributed by atoms with Gasteiger partial charge in [-0.1, -0.05) is 12.1 Å². The maximum absolute atomic E-state index is 11.7. The number of aliphatic hydroxyl groups is 1. The van der Waals surface area contributed by atoms with Crippen molar-refractivity contribution in [3.05, 3.63) is 39.9 Å². The fraction of sp³-hybridized carbons (Fsp3) is 0.467. The van der Waals surface area contributed by atoms with Crippen molar-refractivity contribution in [3.8, 4) is 0 Å². The molecule has 0 aliphatic rings. The van der Waals surface area contributed by atoms with Gasteiger partial charge in [0, 0.05) is 49.6 Å². The number of nitrogens with zero attached hydrogens (tertiary/aromatic N) is 1. The quantitative estimate of drug-likeness (QED) is 0.307. The molecule has 0 aliphatic carbocycles. The van der Waals surface area contributed by atoms with Gasteiger partial charge in [-0.15, -0.1) is 0 Å². The minimum absolute atomic E-state index is 0.0276. The lowest BCUT2D eigenvalue weighted by atomic mass is 10.2. The van der Waals surface area contributed by atoms with Crippen LogP contribution < -0.4 is 10.6 Å². The highest BCUT2D eigenvalue weighted by Crippen LogP contribution is 2.12. The van der Waals surface area contributed by atoms with Crippen LogP contribution in [0.3, 0.4) is 0 Å². The van der Waals surface area contributed by atoms with E-state index in [-0.39, 0.29) is 43.5 Å². The van der Waals surface area contributed by atoms with Crippen LogP contribution in [-0.2, 0) is 16.1 Å². The summed E-state index contributed by atoms with van der Waals surface area (Å²) in [6.45, 7) is 0.794. The zero-order valence-electron chi connectivity index (χ0n) is 13.2. The summed E-state index contributed by atoms with van der Waals surface area (Å²) in [7, 11) is 0. The topological polar surface area (TPSA) is 122 Å². The predicted octanol–water partition coefficient (Wildman–Crippen LogP) is 0.833. The smallest absolute Gasteiger partial charge is 0.269 e. The van der Waals surface area contributed by atoms with Gasteiger partial charge in [0.15, 0.2) is 0 Å². The van der Waals surface area contributed by atoms with Gasteiger partial charge >= 0.3 is 0 Å². The van der Waals surface area contributed by atoms with E-state index in [0.29, 0.717) is 23.6 Å². The van der Waals surface area contributed by atoms with E-state index in [9.17, 15) is 19.7 Å². The maximum Gasteiger partial charge on any atom is 0.269 e. The lowest BCUT2D eigenvalue weighted by Crippen LogP contribution is -2.29. The third-order valence-electron chi connectivity index (χ3n) is 2.99. The standard InChI is InChI=1S/C15H21N3O5S/c19-7-9-24-8-6-16-14(20)4-5-15(21)17-11-12-2-1-3-13(10-12)18(22)23/h1-3,10,19H,4-9,11H2,(H,16,20)(H,17,21). The minimum atomic E-state index is -0.492. The van der Waals surface area contributed by atoms with Crippen molar-refractivity contribution in [2.24, 2.45) is 0 Å². The van der Waals surface area contributed by atoms with E-state index >= 15 is 0 Å². The summed E-state index contributed by atoms with van der Waals surface area (Å²) in [5.41, 5.74) is 0.600. The molecule has 0 heterocycles. The van der Waals surface area contributed by atoms with Crippen molar-refractivity contribution in [3.63, 3.8) is 0 Å². The molecule has 9 heteroatoms. The molecule has 0 aromatic heterocycles. The van der Waals surface area contributed by atoms with Gasteiger partial charge < -0.3 is 15.7 Å². The number of carbonyl (C=O) groups excluding carboxylic acids is 2. The molecule has 0 saturated heterocycles. The summed E-state index contributed by atoms with van der Waals surface area (Å²) in [6.07, 6.45) is 0.149. The number of hydrogen-bond acceptors (Lipinski definition) is 6. The number of rotatable bonds is 11. The van der Waals surface area contributed by atoms with Crippen molar-refractivity contribution in [1.29, 1.82) is 0 Å². The van der Waals surface area contributed by atoms with Crippen LogP contribution in [0.4, 0.5) is 5.69 Å². The van der Waals surface area contributed by atoms with E-state index in [4.69, 9.17) is 5.11 Å². The molecule has 0 atom stereocenters. The highest BCUT2D eigenvalue weighted by atomic mass is 32.2. The molecule has 132 valence electrons. The first-order valence-corrected chi connectivity index (χ1v) is 8.63. The van der Waals surface area contributed by atoms with Crippen LogP contribution in [-0.4, -0.2) is 46.5 Å². The molecule has 2 amide bonds. The molecule has 8 nitrogen and oxygen atoms in total. The Labute approximate surface area is 144 Å². The van der Waals surface area contributed by atoms with E-state index < -0.39 is 4.92 Å². The van der Waals surface area contributed by atoms with Crippen molar-refractivity contribution in [2.75, 3.05) is 24.7 Å². The summed E-state index contributed by atoms with van der Waals surface area (Å²) < 4.78 is 0. The van der Waals surface area contributed by atoms with E-state index in [2.05, 4.69) is 10.6 Å². The monoisotopic (exact) mass is 355 g/mol. The molecule has 3 N–H and O–H groups in total. The second-order valence-electron chi connectivity index (χ2n) is 4.89. The number of nitro groups is 1. The number of aliphatic hydroxyl groups excluding tert-OH is 1. The molecule has 1 aromatic rings. The van der Waals surface area contributed by atoms with E-state index in [1.165, 1.54) is 23.9 Å². The molecular weight excluding hydrogens is 334 g/mol. The Hall–Kier alpha value is -2.13. The lowest BCUT2D eigenvalue weighted by molar-refractivity contribution is -0.384. The Morgan fingerprint density at radius 2 is 1.88 bits per heavy atom. The number of carbonyl (C=O) groups is 2. The zero-order chi connectivity index (χ0) is 17.8. The number of amides is 2. The summed E-state index contributed by atoms with van der Waals surface area (Å²) in [5, 5.41) is 24.6. The molecule has 0 saturated carbocycles. The molecule has 0 radical (unpaired) electrons. The Balaban J connectivity index is 2.21. The molecule has 0 unspecified atom stereocenters. The fourth-order valence-electron chi connectivity index (χ4n) is 1.81. The third kappa shape index (κ3) is 8.49. The Kier molecular flexibility index (Phi) is 9.47. The van der Waals surface area contributed by atoms with Crippen LogP contribution in [0, 0.1) is 10.1 Å². The highest BCUT2D eigenvalue weighted by Gasteiger charge is 2.08. The summed E-state index contributed by atoms with van der Waals surface area (Å²) in [5.74, 6) is 0.859. The maximum atomic E-state index is 11.7. The summed E-state index contributed by atoms with van der Waals surface area (Å²) in [6, 6.07) is 6.03. The minimum Gasteiger partial charge on any atom is -0.396 e.